The predicted octanol–water partition coefficient (Wildman–Crippen LogP) is 3.49. The lowest BCUT2D eigenvalue weighted by molar-refractivity contribution is 0.141. The highest BCUT2D eigenvalue weighted by molar-refractivity contribution is 6.33. The van der Waals surface area contributed by atoms with Crippen LogP contribution >= 0.6 is 11.6 Å². The van der Waals surface area contributed by atoms with E-state index in [2.05, 4.69) is 12.2 Å². The SMILES string of the molecule is CCOCC(C)Nc1ccc(C)cc1Cl. The number of rotatable bonds is 5. The molecule has 1 unspecified atom stereocenters. The summed E-state index contributed by atoms with van der Waals surface area (Å²) in [5.41, 5.74) is 2.14. The van der Waals surface area contributed by atoms with Crippen molar-refractivity contribution in [1.82, 2.24) is 0 Å². The van der Waals surface area contributed by atoms with Crippen LogP contribution in [0.2, 0.25) is 5.02 Å². The number of aryl methyl sites for hydroxylation is 1. The van der Waals surface area contributed by atoms with Gasteiger partial charge < -0.3 is 10.1 Å². The molecule has 0 spiro atoms. The molecular weight excluding hydrogens is 210 g/mol. The standard InChI is InChI=1S/C12H18ClNO/c1-4-15-8-10(3)14-12-6-5-9(2)7-11(12)13/h5-7,10,14H,4,8H2,1-3H3. The predicted molar refractivity (Wildman–Crippen MR) is 65.8 cm³/mol. The molecule has 0 aliphatic rings. The molecule has 0 heterocycles. The molecule has 84 valence electrons. The lowest BCUT2D eigenvalue weighted by Crippen LogP contribution is -2.21. The number of hydrogen-bond donors (Lipinski definition) is 1. The maximum absolute atomic E-state index is 6.10. The van der Waals surface area contributed by atoms with Crippen LogP contribution in [0.5, 0.6) is 0 Å². The van der Waals surface area contributed by atoms with Crippen molar-refractivity contribution in [3.63, 3.8) is 0 Å². The Morgan fingerprint density at radius 2 is 2.20 bits per heavy atom. The number of benzene rings is 1. The lowest BCUT2D eigenvalue weighted by atomic mass is 10.2. The van der Waals surface area contributed by atoms with E-state index in [9.17, 15) is 0 Å². The van der Waals surface area contributed by atoms with Gasteiger partial charge in [-0.25, -0.2) is 0 Å². The third-order valence-corrected chi connectivity index (χ3v) is 2.41. The molecule has 1 N–H and O–H groups in total. The van der Waals surface area contributed by atoms with Crippen LogP contribution in [0.4, 0.5) is 5.69 Å². The molecule has 2 nitrogen and oxygen atoms in total. The molecule has 0 amide bonds. The maximum atomic E-state index is 6.10. The summed E-state index contributed by atoms with van der Waals surface area (Å²) < 4.78 is 5.33. The Morgan fingerprint density at radius 1 is 1.47 bits per heavy atom. The van der Waals surface area contributed by atoms with Crippen LogP contribution in [0, 0.1) is 6.92 Å². The van der Waals surface area contributed by atoms with Crippen LogP contribution in [-0.2, 0) is 4.74 Å². The Kier molecular flexibility index (Phi) is 4.92. The van der Waals surface area contributed by atoms with Gasteiger partial charge in [-0.3, -0.25) is 0 Å². The maximum Gasteiger partial charge on any atom is 0.0664 e. The van der Waals surface area contributed by atoms with E-state index >= 15 is 0 Å². The molecule has 0 bridgehead atoms. The van der Waals surface area contributed by atoms with E-state index in [0.717, 1.165) is 17.3 Å². The first-order valence-corrected chi connectivity index (χ1v) is 5.61. The summed E-state index contributed by atoms with van der Waals surface area (Å²) in [7, 11) is 0. The van der Waals surface area contributed by atoms with Crippen LogP contribution < -0.4 is 5.32 Å². The average Bonchev–Trinajstić information content (AvgIpc) is 2.19. The van der Waals surface area contributed by atoms with Gasteiger partial charge in [-0.1, -0.05) is 17.7 Å². The first-order valence-electron chi connectivity index (χ1n) is 5.24. The molecule has 0 fully saturated rings. The van der Waals surface area contributed by atoms with Crippen LogP contribution in [0.3, 0.4) is 0 Å². The third kappa shape index (κ3) is 4.10. The zero-order valence-corrected chi connectivity index (χ0v) is 10.3. The van der Waals surface area contributed by atoms with Crippen LogP contribution in [-0.4, -0.2) is 19.3 Å². The van der Waals surface area contributed by atoms with Crippen molar-refractivity contribution in [3.8, 4) is 0 Å². The summed E-state index contributed by atoms with van der Waals surface area (Å²) in [4.78, 5) is 0. The smallest absolute Gasteiger partial charge is 0.0664 e. The molecule has 0 saturated carbocycles. The molecule has 0 saturated heterocycles. The summed E-state index contributed by atoms with van der Waals surface area (Å²) in [6.45, 7) is 7.53. The van der Waals surface area contributed by atoms with Crippen molar-refractivity contribution in [3.05, 3.63) is 28.8 Å². The van der Waals surface area contributed by atoms with E-state index in [1.165, 1.54) is 5.56 Å². The van der Waals surface area contributed by atoms with Gasteiger partial charge in [0.1, 0.15) is 0 Å². The van der Waals surface area contributed by atoms with Crippen molar-refractivity contribution in [2.24, 2.45) is 0 Å². The van der Waals surface area contributed by atoms with Gasteiger partial charge in [0.2, 0.25) is 0 Å². The van der Waals surface area contributed by atoms with Gasteiger partial charge in [-0.05, 0) is 38.5 Å². The Hall–Kier alpha value is -0.730. The first kappa shape index (κ1) is 12.3. The second-order valence-electron chi connectivity index (χ2n) is 3.69. The normalized spacial score (nSPS) is 12.5. The van der Waals surface area contributed by atoms with Gasteiger partial charge in [0.05, 0.1) is 17.3 Å². The molecule has 3 heteroatoms. The van der Waals surface area contributed by atoms with E-state index in [1.807, 2.05) is 32.0 Å². The minimum atomic E-state index is 0.269. The lowest BCUT2D eigenvalue weighted by Gasteiger charge is -2.16. The topological polar surface area (TPSA) is 21.3 Å². The van der Waals surface area contributed by atoms with E-state index in [1.54, 1.807) is 0 Å². The Morgan fingerprint density at radius 3 is 2.80 bits per heavy atom. The van der Waals surface area contributed by atoms with E-state index in [-0.39, 0.29) is 6.04 Å². The van der Waals surface area contributed by atoms with Gasteiger partial charge >= 0.3 is 0 Å². The van der Waals surface area contributed by atoms with Gasteiger partial charge in [0.15, 0.2) is 0 Å². The summed E-state index contributed by atoms with van der Waals surface area (Å²) >= 11 is 6.10. The van der Waals surface area contributed by atoms with Crippen molar-refractivity contribution < 1.29 is 4.74 Å². The Bertz CT molecular complexity index is 314. The van der Waals surface area contributed by atoms with Crippen molar-refractivity contribution in [1.29, 1.82) is 0 Å². The first-order chi connectivity index (χ1) is 7.13. The van der Waals surface area contributed by atoms with Crippen LogP contribution in [0.15, 0.2) is 18.2 Å². The number of nitrogens with one attached hydrogen (secondary N) is 1. The molecule has 1 aromatic rings. The summed E-state index contributed by atoms with van der Waals surface area (Å²) in [6.07, 6.45) is 0. The molecular formula is C12H18ClNO. The minimum Gasteiger partial charge on any atom is -0.380 e. The molecule has 0 radical (unpaired) electrons. The molecule has 1 atom stereocenters. The molecule has 1 rings (SSSR count). The fourth-order valence-corrected chi connectivity index (χ4v) is 1.63. The van der Waals surface area contributed by atoms with E-state index < -0.39 is 0 Å². The zero-order chi connectivity index (χ0) is 11.3. The summed E-state index contributed by atoms with van der Waals surface area (Å²) in [6, 6.07) is 6.27. The van der Waals surface area contributed by atoms with Crippen molar-refractivity contribution in [2.45, 2.75) is 26.8 Å². The Labute approximate surface area is 96.6 Å². The Balaban J connectivity index is 2.56. The monoisotopic (exact) mass is 227 g/mol. The largest absolute Gasteiger partial charge is 0.380 e. The molecule has 0 aromatic heterocycles. The second kappa shape index (κ2) is 5.99. The number of hydrogen-bond acceptors (Lipinski definition) is 2. The van der Waals surface area contributed by atoms with Gasteiger partial charge in [-0.15, -0.1) is 0 Å². The number of ether oxygens (including phenoxy) is 1. The van der Waals surface area contributed by atoms with Crippen molar-refractivity contribution in [2.75, 3.05) is 18.5 Å². The quantitative estimate of drug-likeness (QED) is 0.832. The third-order valence-electron chi connectivity index (χ3n) is 2.10. The van der Waals surface area contributed by atoms with Gasteiger partial charge in [-0.2, -0.15) is 0 Å². The second-order valence-corrected chi connectivity index (χ2v) is 4.10. The molecule has 15 heavy (non-hydrogen) atoms. The van der Waals surface area contributed by atoms with Gasteiger partial charge in [0, 0.05) is 12.6 Å². The number of anilines is 1. The fourth-order valence-electron chi connectivity index (χ4n) is 1.34. The highest BCUT2D eigenvalue weighted by atomic mass is 35.5. The van der Waals surface area contributed by atoms with E-state index in [4.69, 9.17) is 16.3 Å². The van der Waals surface area contributed by atoms with Crippen LogP contribution in [0.25, 0.3) is 0 Å². The van der Waals surface area contributed by atoms with Crippen molar-refractivity contribution >= 4 is 17.3 Å². The summed E-state index contributed by atoms with van der Waals surface area (Å²) in [5, 5.41) is 4.08. The molecule has 0 aliphatic heterocycles. The molecule has 1 aromatic carbocycles. The average molecular weight is 228 g/mol. The number of halogens is 1. The minimum absolute atomic E-state index is 0.269. The summed E-state index contributed by atoms with van der Waals surface area (Å²) in [5.74, 6) is 0. The highest BCUT2D eigenvalue weighted by Gasteiger charge is 2.04. The fraction of sp³-hybridized carbons (Fsp3) is 0.500. The van der Waals surface area contributed by atoms with Crippen LogP contribution in [0.1, 0.15) is 19.4 Å². The molecule has 0 aliphatic carbocycles. The van der Waals surface area contributed by atoms with E-state index in [0.29, 0.717) is 6.61 Å². The zero-order valence-electron chi connectivity index (χ0n) is 9.51. The van der Waals surface area contributed by atoms with Gasteiger partial charge in [0.25, 0.3) is 0 Å². The highest BCUT2D eigenvalue weighted by Crippen LogP contribution is 2.23.